The molecule has 1 aliphatic heterocycles. The fourth-order valence-corrected chi connectivity index (χ4v) is 4.33. The molecule has 0 saturated heterocycles. The van der Waals surface area contributed by atoms with Crippen molar-refractivity contribution in [3.8, 4) is 0 Å². The topological polar surface area (TPSA) is 40.6 Å². The first-order chi connectivity index (χ1) is 10.9. The van der Waals surface area contributed by atoms with Crippen LogP contribution in [-0.2, 0) is 10.0 Å². The fourth-order valence-electron chi connectivity index (χ4n) is 2.80. The van der Waals surface area contributed by atoms with Gasteiger partial charge in [-0.05, 0) is 43.2 Å². The van der Waals surface area contributed by atoms with E-state index < -0.39 is 15.8 Å². The molecule has 122 valence electrons. The van der Waals surface area contributed by atoms with Crippen LogP contribution in [0.4, 0.5) is 15.8 Å². The zero-order valence-electron chi connectivity index (χ0n) is 13.2. The van der Waals surface area contributed by atoms with Gasteiger partial charge in [-0.25, -0.2) is 12.8 Å². The van der Waals surface area contributed by atoms with Crippen molar-refractivity contribution in [2.75, 3.05) is 29.3 Å². The van der Waals surface area contributed by atoms with Gasteiger partial charge in [-0.15, -0.1) is 0 Å². The molecule has 0 saturated carbocycles. The van der Waals surface area contributed by atoms with E-state index in [9.17, 15) is 12.8 Å². The van der Waals surface area contributed by atoms with Crippen molar-refractivity contribution in [1.29, 1.82) is 0 Å². The van der Waals surface area contributed by atoms with E-state index in [1.165, 1.54) is 16.4 Å². The van der Waals surface area contributed by atoms with Crippen LogP contribution in [0.15, 0.2) is 47.4 Å². The van der Waals surface area contributed by atoms with Crippen molar-refractivity contribution in [3.63, 3.8) is 0 Å². The Kier molecular flexibility index (Phi) is 4.02. The van der Waals surface area contributed by atoms with Crippen LogP contribution in [0, 0.1) is 12.7 Å². The highest BCUT2D eigenvalue weighted by Gasteiger charge is 2.29. The van der Waals surface area contributed by atoms with Gasteiger partial charge in [0.05, 0.1) is 16.3 Å². The molecule has 3 rings (SSSR count). The second-order valence-electron chi connectivity index (χ2n) is 5.75. The molecule has 0 aromatic heterocycles. The molecule has 0 radical (unpaired) electrons. The molecule has 1 aliphatic rings. The molecule has 0 atom stereocenters. The molecule has 0 bridgehead atoms. The molecule has 6 heteroatoms. The van der Waals surface area contributed by atoms with E-state index in [2.05, 4.69) is 0 Å². The molecule has 0 unspecified atom stereocenters. The Morgan fingerprint density at radius 1 is 1.04 bits per heavy atom. The van der Waals surface area contributed by atoms with E-state index in [0.717, 1.165) is 18.3 Å². The maximum absolute atomic E-state index is 13.8. The van der Waals surface area contributed by atoms with Gasteiger partial charge in [-0.3, -0.25) is 4.31 Å². The third kappa shape index (κ3) is 2.79. The summed E-state index contributed by atoms with van der Waals surface area (Å²) in [4.78, 5) is 2.03. The number of hydrogen-bond donors (Lipinski definition) is 0. The van der Waals surface area contributed by atoms with Gasteiger partial charge >= 0.3 is 0 Å². The number of fused-ring (bicyclic) bond motifs is 1. The number of sulfonamides is 1. The molecule has 0 N–H and O–H groups in total. The monoisotopic (exact) mass is 334 g/mol. The van der Waals surface area contributed by atoms with Crippen LogP contribution >= 0.6 is 0 Å². The van der Waals surface area contributed by atoms with Gasteiger partial charge < -0.3 is 4.90 Å². The van der Waals surface area contributed by atoms with Crippen molar-refractivity contribution in [2.45, 2.75) is 18.2 Å². The third-order valence-corrected chi connectivity index (χ3v) is 5.96. The van der Waals surface area contributed by atoms with Crippen LogP contribution in [0.2, 0.25) is 0 Å². The highest BCUT2D eigenvalue weighted by atomic mass is 32.2. The number of aryl methyl sites for hydroxylation is 1. The fraction of sp³-hybridized carbons (Fsp3) is 0.294. The standard InChI is InChI=1S/C17H19FN2O2S/c1-13-8-9-14(12-15(13)18)23(21,22)20-11-5-10-19(2)16-6-3-4-7-17(16)20/h3-4,6-9,12H,5,10-11H2,1-2H3. The Morgan fingerprint density at radius 2 is 1.74 bits per heavy atom. The average molecular weight is 334 g/mol. The lowest BCUT2D eigenvalue weighted by atomic mass is 10.2. The van der Waals surface area contributed by atoms with Crippen molar-refractivity contribution in [2.24, 2.45) is 0 Å². The van der Waals surface area contributed by atoms with Gasteiger partial charge in [0, 0.05) is 20.1 Å². The van der Waals surface area contributed by atoms with Crippen molar-refractivity contribution >= 4 is 21.4 Å². The molecular weight excluding hydrogens is 315 g/mol. The Bertz CT molecular complexity index is 836. The highest BCUT2D eigenvalue weighted by molar-refractivity contribution is 7.92. The van der Waals surface area contributed by atoms with Crippen LogP contribution in [0.1, 0.15) is 12.0 Å². The summed E-state index contributed by atoms with van der Waals surface area (Å²) in [6.07, 6.45) is 0.707. The van der Waals surface area contributed by atoms with Crippen LogP contribution in [0.3, 0.4) is 0 Å². The van der Waals surface area contributed by atoms with Crippen LogP contribution < -0.4 is 9.21 Å². The molecule has 2 aromatic carbocycles. The third-order valence-electron chi connectivity index (χ3n) is 4.15. The molecule has 0 aliphatic carbocycles. The Labute approximate surface area is 136 Å². The second-order valence-corrected chi connectivity index (χ2v) is 7.61. The Hall–Kier alpha value is -2.08. The molecule has 0 fully saturated rings. The first-order valence-electron chi connectivity index (χ1n) is 7.50. The number of nitrogens with zero attached hydrogens (tertiary/aromatic N) is 2. The minimum Gasteiger partial charge on any atom is -0.373 e. The normalized spacial score (nSPS) is 15.3. The van der Waals surface area contributed by atoms with E-state index in [1.807, 2.05) is 30.1 Å². The Morgan fingerprint density at radius 3 is 2.43 bits per heavy atom. The summed E-state index contributed by atoms with van der Waals surface area (Å²) < 4.78 is 41.2. The summed E-state index contributed by atoms with van der Waals surface area (Å²) in [7, 11) is -1.85. The molecule has 23 heavy (non-hydrogen) atoms. The summed E-state index contributed by atoms with van der Waals surface area (Å²) in [5, 5.41) is 0. The summed E-state index contributed by atoms with van der Waals surface area (Å²) >= 11 is 0. The van der Waals surface area contributed by atoms with E-state index in [-0.39, 0.29) is 4.90 Å². The van der Waals surface area contributed by atoms with Crippen LogP contribution in [-0.4, -0.2) is 28.6 Å². The number of anilines is 2. The molecular formula is C17H19FN2O2S. The summed E-state index contributed by atoms with van der Waals surface area (Å²) in [6, 6.07) is 11.5. The molecule has 1 heterocycles. The first-order valence-corrected chi connectivity index (χ1v) is 8.94. The Balaban J connectivity index is 2.12. The smallest absolute Gasteiger partial charge is 0.264 e. The highest BCUT2D eigenvalue weighted by Crippen LogP contribution is 2.35. The predicted molar refractivity (Wildman–Crippen MR) is 90.0 cm³/mol. The lowest BCUT2D eigenvalue weighted by molar-refractivity contribution is 0.584. The van der Waals surface area contributed by atoms with Gasteiger partial charge in [0.25, 0.3) is 10.0 Å². The number of hydrogen-bond acceptors (Lipinski definition) is 3. The van der Waals surface area contributed by atoms with Crippen molar-refractivity contribution in [3.05, 3.63) is 53.8 Å². The lowest BCUT2D eigenvalue weighted by Gasteiger charge is -2.25. The maximum Gasteiger partial charge on any atom is 0.264 e. The number of halogens is 1. The zero-order chi connectivity index (χ0) is 16.6. The first kappa shape index (κ1) is 15.8. The summed E-state index contributed by atoms with van der Waals surface area (Å²) in [6.45, 7) is 2.76. The van der Waals surface area contributed by atoms with Crippen LogP contribution in [0.25, 0.3) is 0 Å². The second kappa shape index (κ2) is 5.85. The minimum atomic E-state index is -3.79. The molecule has 0 amide bonds. The molecule has 4 nitrogen and oxygen atoms in total. The summed E-state index contributed by atoms with van der Waals surface area (Å²) in [5.41, 5.74) is 1.93. The maximum atomic E-state index is 13.8. The number of para-hydroxylation sites is 2. The van der Waals surface area contributed by atoms with Crippen molar-refractivity contribution < 1.29 is 12.8 Å². The van der Waals surface area contributed by atoms with Gasteiger partial charge in [0.2, 0.25) is 0 Å². The SMILES string of the molecule is Cc1ccc(S(=O)(=O)N2CCCN(C)c3ccccc32)cc1F. The molecule has 0 spiro atoms. The zero-order valence-corrected chi connectivity index (χ0v) is 14.0. The van der Waals surface area contributed by atoms with E-state index in [0.29, 0.717) is 24.2 Å². The van der Waals surface area contributed by atoms with E-state index in [1.54, 1.807) is 13.0 Å². The minimum absolute atomic E-state index is 0.0139. The summed E-state index contributed by atoms with van der Waals surface area (Å²) in [5.74, 6) is -0.508. The number of benzene rings is 2. The largest absolute Gasteiger partial charge is 0.373 e. The van der Waals surface area contributed by atoms with Gasteiger partial charge in [0.1, 0.15) is 5.82 Å². The lowest BCUT2D eigenvalue weighted by Crippen LogP contribution is -2.31. The van der Waals surface area contributed by atoms with Crippen LogP contribution in [0.5, 0.6) is 0 Å². The van der Waals surface area contributed by atoms with Gasteiger partial charge in [-0.2, -0.15) is 0 Å². The average Bonchev–Trinajstić information content (AvgIpc) is 2.70. The van der Waals surface area contributed by atoms with E-state index in [4.69, 9.17) is 0 Å². The molecule has 2 aromatic rings. The predicted octanol–water partition coefficient (Wildman–Crippen LogP) is 3.17. The number of rotatable bonds is 2. The van der Waals surface area contributed by atoms with Crippen molar-refractivity contribution in [1.82, 2.24) is 0 Å². The van der Waals surface area contributed by atoms with E-state index >= 15 is 0 Å². The quantitative estimate of drug-likeness (QED) is 0.847. The van der Waals surface area contributed by atoms with Gasteiger partial charge in [-0.1, -0.05) is 18.2 Å². The van der Waals surface area contributed by atoms with Gasteiger partial charge in [0.15, 0.2) is 0 Å².